The Balaban J connectivity index is 1.51. The van der Waals surface area contributed by atoms with Crippen LogP contribution in [0.5, 0.6) is 0 Å². The maximum Gasteiger partial charge on any atom is 0.227 e. The Labute approximate surface area is 178 Å². The molecule has 1 unspecified atom stereocenters. The number of imidazole rings is 1. The molecule has 2 heterocycles. The van der Waals surface area contributed by atoms with E-state index in [0.717, 1.165) is 22.4 Å². The van der Waals surface area contributed by atoms with Crippen LogP contribution in [0.25, 0.3) is 11.0 Å². The quantitative estimate of drug-likeness (QED) is 0.444. The van der Waals surface area contributed by atoms with Gasteiger partial charge in [0.2, 0.25) is 5.91 Å². The van der Waals surface area contributed by atoms with Crippen molar-refractivity contribution in [3.63, 3.8) is 0 Å². The van der Waals surface area contributed by atoms with Gasteiger partial charge in [-0.3, -0.25) is 4.79 Å². The molecule has 0 N–H and O–H groups in total. The normalized spacial score (nSPS) is 16.5. The number of hydrogen-bond donors (Lipinski definition) is 0. The van der Waals surface area contributed by atoms with E-state index >= 15 is 0 Å². The molecule has 30 heavy (non-hydrogen) atoms. The zero-order valence-electron chi connectivity index (χ0n) is 16.1. The summed E-state index contributed by atoms with van der Waals surface area (Å²) in [6.07, 6.45) is 0.376. The van der Waals surface area contributed by atoms with E-state index in [4.69, 9.17) is 16.6 Å². The zero-order chi connectivity index (χ0) is 20.7. The monoisotopic (exact) mass is 419 g/mol. The molecule has 1 fully saturated rings. The van der Waals surface area contributed by atoms with Gasteiger partial charge in [-0.05, 0) is 54.1 Å². The second-order valence-corrected chi connectivity index (χ2v) is 7.99. The van der Waals surface area contributed by atoms with Crippen molar-refractivity contribution in [3.8, 4) is 0 Å². The summed E-state index contributed by atoms with van der Waals surface area (Å²) in [6.45, 7) is 1.17. The summed E-state index contributed by atoms with van der Waals surface area (Å²) < 4.78 is 15.5. The Morgan fingerprint density at radius 1 is 1.00 bits per heavy atom. The van der Waals surface area contributed by atoms with Crippen molar-refractivity contribution in [2.75, 3.05) is 11.4 Å². The lowest BCUT2D eigenvalue weighted by Crippen LogP contribution is -2.24. The third-order valence-electron chi connectivity index (χ3n) is 5.57. The van der Waals surface area contributed by atoms with Gasteiger partial charge in [-0.1, -0.05) is 35.9 Å². The van der Waals surface area contributed by atoms with E-state index in [1.54, 1.807) is 17.0 Å². The van der Waals surface area contributed by atoms with Gasteiger partial charge >= 0.3 is 0 Å². The number of hydrogen-bond acceptors (Lipinski definition) is 2. The molecule has 4 nitrogen and oxygen atoms in total. The lowest BCUT2D eigenvalue weighted by molar-refractivity contribution is -0.117. The summed E-state index contributed by atoms with van der Waals surface area (Å²) in [7, 11) is 0. The predicted octanol–water partition coefficient (Wildman–Crippen LogP) is 5.40. The number of para-hydroxylation sites is 2. The minimum Gasteiger partial charge on any atom is -0.323 e. The molecule has 0 bridgehead atoms. The third-order valence-corrected chi connectivity index (χ3v) is 5.82. The van der Waals surface area contributed by atoms with E-state index in [1.165, 1.54) is 12.1 Å². The van der Waals surface area contributed by atoms with Crippen molar-refractivity contribution >= 4 is 34.2 Å². The smallest absolute Gasteiger partial charge is 0.227 e. The van der Waals surface area contributed by atoms with Gasteiger partial charge in [0.1, 0.15) is 11.6 Å². The zero-order valence-corrected chi connectivity index (χ0v) is 16.9. The lowest BCUT2D eigenvalue weighted by Gasteiger charge is -2.17. The molecule has 1 aliphatic heterocycles. The Morgan fingerprint density at radius 2 is 1.73 bits per heavy atom. The Kier molecular flexibility index (Phi) is 4.75. The minimum atomic E-state index is -0.313. The summed E-state index contributed by atoms with van der Waals surface area (Å²) in [4.78, 5) is 19.3. The largest absolute Gasteiger partial charge is 0.323 e. The van der Waals surface area contributed by atoms with Crippen LogP contribution in [0, 0.1) is 5.82 Å². The molecular weight excluding hydrogens is 401 g/mol. The fraction of sp³-hybridized carbons (Fsp3) is 0.167. The third kappa shape index (κ3) is 3.46. The molecule has 1 atom stereocenters. The summed E-state index contributed by atoms with van der Waals surface area (Å²) in [5.41, 5.74) is 3.78. The first-order chi connectivity index (χ1) is 14.6. The molecule has 0 spiro atoms. The molecule has 0 aliphatic carbocycles. The summed E-state index contributed by atoms with van der Waals surface area (Å²) in [5.74, 6) is 0.565. The van der Waals surface area contributed by atoms with E-state index in [0.29, 0.717) is 30.2 Å². The minimum absolute atomic E-state index is 0.0247. The molecule has 3 aromatic carbocycles. The van der Waals surface area contributed by atoms with Crippen LogP contribution in [0.4, 0.5) is 10.1 Å². The van der Waals surface area contributed by atoms with E-state index in [9.17, 15) is 9.18 Å². The second-order valence-electron chi connectivity index (χ2n) is 7.55. The van der Waals surface area contributed by atoms with Gasteiger partial charge in [-0.2, -0.15) is 0 Å². The fourth-order valence-electron chi connectivity index (χ4n) is 4.10. The van der Waals surface area contributed by atoms with Crippen LogP contribution in [-0.2, 0) is 11.3 Å². The molecule has 150 valence electrons. The molecule has 1 aliphatic rings. The number of fused-ring (bicyclic) bond motifs is 1. The van der Waals surface area contributed by atoms with Crippen LogP contribution in [0.15, 0.2) is 72.8 Å². The number of aromatic nitrogens is 2. The van der Waals surface area contributed by atoms with Crippen LogP contribution in [0.3, 0.4) is 0 Å². The first-order valence-electron chi connectivity index (χ1n) is 9.84. The molecule has 5 rings (SSSR count). The Morgan fingerprint density at radius 3 is 2.50 bits per heavy atom. The molecule has 1 saturated heterocycles. The molecule has 0 radical (unpaired) electrons. The first-order valence-corrected chi connectivity index (χ1v) is 10.2. The van der Waals surface area contributed by atoms with Crippen molar-refractivity contribution < 1.29 is 9.18 Å². The molecule has 6 heteroatoms. The molecule has 1 aromatic heterocycles. The van der Waals surface area contributed by atoms with E-state index in [2.05, 4.69) is 10.6 Å². The highest BCUT2D eigenvalue weighted by Gasteiger charge is 2.34. The van der Waals surface area contributed by atoms with Crippen molar-refractivity contribution in [1.82, 2.24) is 9.55 Å². The van der Waals surface area contributed by atoms with Crippen LogP contribution in [-0.4, -0.2) is 22.0 Å². The number of rotatable bonds is 4. The second kappa shape index (κ2) is 7.58. The maximum absolute atomic E-state index is 13.3. The number of amides is 1. The van der Waals surface area contributed by atoms with Crippen molar-refractivity contribution in [2.45, 2.75) is 18.9 Å². The summed E-state index contributed by atoms with van der Waals surface area (Å²) in [6, 6.07) is 21.8. The Hall–Kier alpha value is -3.18. The van der Waals surface area contributed by atoms with E-state index in [1.807, 2.05) is 42.5 Å². The topological polar surface area (TPSA) is 38.1 Å². The highest BCUT2D eigenvalue weighted by atomic mass is 35.5. The highest BCUT2D eigenvalue weighted by molar-refractivity contribution is 6.30. The number of benzene rings is 3. The van der Waals surface area contributed by atoms with Crippen LogP contribution in [0.2, 0.25) is 5.02 Å². The highest BCUT2D eigenvalue weighted by Crippen LogP contribution is 2.33. The maximum atomic E-state index is 13.3. The molecule has 0 saturated carbocycles. The van der Waals surface area contributed by atoms with Gasteiger partial charge in [-0.25, -0.2) is 9.37 Å². The Bertz CT molecular complexity index is 1220. The molecule has 4 aromatic rings. The number of nitrogens with zero attached hydrogens (tertiary/aromatic N) is 3. The predicted molar refractivity (Wildman–Crippen MR) is 116 cm³/mol. The van der Waals surface area contributed by atoms with Crippen LogP contribution < -0.4 is 4.90 Å². The average molecular weight is 420 g/mol. The van der Waals surface area contributed by atoms with Gasteiger partial charge in [-0.15, -0.1) is 0 Å². The van der Waals surface area contributed by atoms with Crippen molar-refractivity contribution in [2.24, 2.45) is 0 Å². The number of carbonyl (C=O) groups excluding carboxylic acids is 1. The SMILES string of the molecule is O=C1CC(c2nc3ccccc3n2Cc2ccc(Cl)cc2)CN1c1ccc(F)cc1. The fourth-order valence-corrected chi connectivity index (χ4v) is 4.22. The first kappa shape index (κ1) is 18.8. The van der Waals surface area contributed by atoms with Gasteiger partial charge < -0.3 is 9.47 Å². The van der Waals surface area contributed by atoms with E-state index in [-0.39, 0.29) is 17.6 Å². The molecule has 1 amide bonds. The van der Waals surface area contributed by atoms with Crippen LogP contribution >= 0.6 is 11.6 Å². The number of anilines is 1. The van der Waals surface area contributed by atoms with E-state index < -0.39 is 0 Å². The number of halogens is 2. The van der Waals surface area contributed by atoms with Gasteiger partial charge in [0.15, 0.2) is 0 Å². The van der Waals surface area contributed by atoms with Crippen LogP contribution in [0.1, 0.15) is 23.7 Å². The lowest BCUT2D eigenvalue weighted by atomic mass is 10.1. The van der Waals surface area contributed by atoms with Gasteiger partial charge in [0.05, 0.1) is 11.0 Å². The van der Waals surface area contributed by atoms with Crippen molar-refractivity contribution in [1.29, 1.82) is 0 Å². The van der Waals surface area contributed by atoms with Gasteiger partial charge in [0, 0.05) is 36.1 Å². The summed E-state index contributed by atoms with van der Waals surface area (Å²) in [5, 5.41) is 0.700. The standard InChI is InChI=1S/C24H19ClFN3O/c25-18-7-5-16(6-8-18)14-29-22-4-2-1-3-21(22)27-24(29)17-13-23(30)28(15-17)20-11-9-19(26)10-12-20/h1-12,17H,13-15H2. The van der Waals surface area contributed by atoms with Crippen molar-refractivity contribution in [3.05, 3.63) is 95.0 Å². The number of carbonyl (C=O) groups is 1. The summed E-state index contributed by atoms with van der Waals surface area (Å²) >= 11 is 6.04. The average Bonchev–Trinajstić information content (AvgIpc) is 3.31. The molecular formula is C24H19ClFN3O. The van der Waals surface area contributed by atoms with Gasteiger partial charge in [0.25, 0.3) is 0 Å².